The van der Waals surface area contributed by atoms with Gasteiger partial charge in [-0.25, -0.2) is 27.8 Å². The molecule has 4 rings (SSSR count). The highest BCUT2D eigenvalue weighted by molar-refractivity contribution is 7.89. The minimum Gasteiger partial charge on any atom is -0.363 e. The molecule has 148 valence electrons. The van der Waals surface area contributed by atoms with Crippen molar-refractivity contribution in [2.75, 3.05) is 24.2 Å². The van der Waals surface area contributed by atoms with Crippen LogP contribution in [0.2, 0.25) is 5.02 Å². The van der Waals surface area contributed by atoms with Gasteiger partial charge in [-0.2, -0.15) is 4.31 Å². The summed E-state index contributed by atoms with van der Waals surface area (Å²) in [5.41, 5.74) is 1.27. The molecule has 8 nitrogen and oxygen atoms in total. The predicted molar refractivity (Wildman–Crippen MR) is 105 cm³/mol. The molecule has 2 N–H and O–H groups in total. The number of fused-ring (bicyclic) bond motifs is 1. The first-order chi connectivity index (χ1) is 13.4. The molecule has 0 saturated carbocycles. The highest BCUT2D eigenvalue weighted by Crippen LogP contribution is 2.28. The Bertz CT molecular complexity index is 1140. The second kappa shape index (κ2) is 7.26. The number of hydrogen-bond donors (Lipinski definition) is 2. The second-order valence-corrected chi connectivity index (χ2v) is 9.22. The fourth-order valence-electron chi connectivity index (χ4n) is 3.24. The van der Waals surface area contributed by atoms with E-state index in [0.29, 0.717) is 35.0 Å². The van der Waals surface area contributed by atoms with Crippen molar-refractivity contribution in [1.29, 1.82) is 0 Å². The standard InChI is InChI=1S/C17H18ClFN6O2S/c1-2-28(26,27)25-4-3-11(9-25)23-17-14(19)8-22-16(24-17)13-7-21-15-12(13)5-10(18)6-20-15/h5-8,11H,2-4,9H2,1H3,(H,20,21)(H,22,23,24)/t11-/m0/s1. The van der Waals surface area contributed by atoms with Crippen LogP contribution >= 0.6 is 11.6 Å². The van der Waals surface area contributed by atoms with Crippen molar-refractivity contribution in [1.82, 2.24) is 24.2 Å². The van der Waals surface area contributed by atoms with Gasteiger partial charge in [0.1, 0.15) is 5.65 Å². The minimum absolute atomic E-state index is 0.0371. The maximum absolute atomic E-state index is 14.3. The van der Waals surface area contributed by atoms with Gasteiger partial charge in [-0.05, 0) is 19.4 Å². The van der Waals surface area contributed by atoms with E-state index in [0.717, 1.165) is 11.6 Å². The highest BCUT2D eigenvalue weighted by atomic mass is 35.5. The highest BCUT2D eigenvalue weighted by Gasteiger charge is 2.30. The van der Waals surface area contributed by atoms with Crippen LogP contribution in [-0.2, 0) is 10.0 Å². The van der Waals surface area contributed by atoms with Gasteiger partial charge >= 0.3 is 0 Å². The molecule has 28 heavy (non-hydrogen) atoms. The van der Waals surface area contributed by atoms with Gasteiger partial charge in [0, 0.05) is 42.5 Å². The average molecular weight is 425 g/mol. The molecule has 0 amide bonds. The Morgan fingerprint density at radius 1 is 1.39 bits per heavy atom. The summed E-state index contributed by atoms with van der Waals surface area (Å²) in [7, 11) is -3.26. The lowest BCUT2D eigenvalue weighted by Crippen LogP contribution is -2.33. The van der Waals surface area contributed by atoms with Crippen molar-refractivity contribution >= 4 is 38.5 Å². The first-order valence-electron chi connectivity index (χ1n) is 8.77. The van der Waals surface area contributed by atoms with E-state index in [1.165, 1.54) is 10.5 Å². The van der Waals surface area contributed by atoms with E-state index in [9.17, 15) is 12.8 Å². The van der Waals surface area contributed by atoms with Gasteiger partial charge in [0.25, 0.3) is 0 Å². The Hall–Kier alpha value is -2.30. The Labute approximate surface area is 166 Å². The lowest BCUT2D eigenvalue weighted by Gasteiger charge is -2.16. The van der Waals surface area contributed by atoms with Crippen LogP contribution in [0, 0.1) is 5.82 Å². The summed E-state index contributed by atoms with van der Waals surface area (Å²) < 4.78 is 39.7. The fourth-order valence-corrected chi connectivity index (χ4v) is 4.55. The SMILES string of the molecule is CCS(=O)(=O)N1CC[C@H](Nc2nc(-c3c[nH]c4ncc(Cl)cc34)ncc2F)C1. The number of hydrogen-bond acceptors (Lipinski definition) is 6. The van der Waals surface area contributed by atoms with Crippen LogP contribution < -0.4 is 5.32 Å². The first kappa shape index (κ1) is 19.0. The van der Waals surface area contributed by atoms with Gasteiger partial charge in [-0.1, -0.05) is 11.6 Å². The lowest BCUT2D eigenvalue weighted by atomic mass is 10.2. The van der Waals surface area contributed by atoms with Crippen LogP contribution in [-0.4, -0.2) is 57.5 Å². The second-order valence-electron chi connectivity index (χ2n) is 6.53. The molecule has 0 aliphatic carbocycles. The van der Waals surface area contributed by atoms with Crippen molar-refractivity contribution < 1.29 is 12.8 Å². The summed E-state index contributed by atoms with van der Waals surface area (Å²) >= 11 is 6.02. The number of anilines is 1. The quantitative estimate of drug-likeness (QED) is 0.652. The summed E-state index contributed by atoms with van der Waals surface area (Å²) in [5, 5.41) is 4.21. The monoisotopic (exact) mass is 424 g/mol. The van der Waals surface area contributed by atoms with E-state index < -0.39 is 15.8 Å². The maximum Gasteiger partial charge on any atom is 0.213 e. The molecule has 0 unspecified atom stereocenters. The molecule has 4 heterocycles. The molecule has 1 fully saturated rings. The Kier molecular flexibility index (Phi) is 4.94. The van der Waals surface area contributed by atoms with Gasteiger partial charge in [-0.3, -0.25) is 0 Å². The molecule has 3 aromatic rings. The summed E-state index contributed by atoms with van der Waals surface area (Å²) in [6.07, 6.45) is 4.89. The number of nitrogens with zero attached hydrogens (tertiary/aromatic N) is 4. The predicted octanol–water partition coefficient (Wildman–Crippen LogP) is 2.65. The van der Waals surface area contributed by atoms with Crippen LogP contribution in [0.25, 0.3) is 22.4 Å². The average Bonchev–Trinajstić information content (AvgIpc) is 3.31. The Balaban J connectivity index is 1.60. The molecule has 1 aliphatic rings. The van der Waals surface area contributed by atoms with Gasteiger partial charge in [0.15, 0.2) is 17.5 Å². The number of pyridine rings is 1. The van der Waals surface area contributed by atoms with Crippen molar-refractivity contribution in [2.45, 2.75) is 19.4 Å². The number of aromatic nitrogens is 4. The van der Waals surface area contributed by atoms with Crippen LogP contribution in [0.3, 0.4) is 0 Å². The van der Waals surface area contributed by atoms with E-state index in [1.807, 2.05) is 0 Å². The molecule has 0 spiro atoms. The Morgan fingerprint density at radius 3 is 3.00 bits per heavy atom. The van der Waals surface area contributed by atoms with Crippen molar-refractivity contribution in [3.8, 4) is 11.4 Å². The zero-order valence-corrected chi connectivity index (χ0v) is 16.6. The number of nitrogens with one attached hydrogen (secondary N) is 2. The molecular formula is C17H18ClFN6O2S. The van der Waals surface area contributed by atoms with Gasteiger partial charge in [0.2, 0.25) is 10.0 Å². The van der Waals surface area contributed by atoms with Gasteiger partial charge < -0.3 is 10.3 Å². The number of halogens is 2. The molecule has 1 saturated heterocycles. The third-order valence-corrected chi connectivity index (χ3v) is 6.79. The summed E-state index contributed by atoms with van der Waals surface area (Å²) in [6, 6.07) is 1.51. The number of aromatic amines is 1. The van der Waals surface area contributed by atoms with Crippen molar-refractivity contribution in [2.24, 2.45) is 0 Å². The van der Waals surface area contributed by atoms with Crippen LogP contribution in [0.1, 0.15) is 13.3 Å². The third-order valence-electron chi connectivity index (χ3n) is 4.73. The number of sulfonamides is 1. The van der Waals surface area contributed by atoms with Gasteiger partial charge in [-0.15, -0.1) is 0 Å². The van der Waals surface area contributed by atoms with E-state index in [4.69, 9.17) is 11.6 Å². The smallest absolute Gasteiger partial charge is 0.213 e. The summed E-state index contributed by atoms with van der Waals surface area (Å²) in [5.74, 6) is -0.204. The van der Waals surface area contributed by atoms with Crippen molar-refractivity contribution in [3.05, 3.63) is 35.5 Å². The van der Waals surface area contributed by atoms with E-state index in [-0.39, 0.29) is 24.2 Å². The molecule has 0 aromatic carbocycles. The van der Waals surface area contributed by atoms with E-state index in [2.05, 4.69) is 25.3 Å². The Morgan fingerprint density at radius 2 is 2.21 bits per heavy atom. The molecule has 11 heteroatoms. The molecule has 3 aromatic heterocycles. The van der Waals surface area contributed by atoms with Crippen LogP contribution in [0.4, 0.5) is 10.2 Å². The largest absolute Gasteiger partial charge is 0.363 e. The summed E-state index contributed by atoms with van der Waals surface area (Å²) in [4.78, 5) is 15.6. The minimum atomic E-state index is -3.26. The van der Waals surface area contributed by atoms with E-state index >= 15 is 0 Å². The molecule has 1 atom stereocenters. The topological polar surface area (TPSA) is 104 Å². The zero-order valence-electron chi connectivity index (χ0n) is 15.0. The number of H-pyrrole nitrogens is 1. The first-order valence-corrected chi connectivity index (χ1v) is 10.8. The molecular weight excluding hydrogens is 407 g/mol. The normalized spacial score (nSPS) is 18.0. The van der Waals surface area contributed by atoms with Crippen LogP contribution in [0.5, 0.6) is 0 Å². The van der Waals surface area contributed by atoms with Crippen LogP contribution in [0.15, 0.2) is 24.7 Å². The maximum atomic E-state index is 14.3. The molecule has 1 aliphatic heterocycles. The fraction of sp³-hybridized carbons (Fsp3) is 0.353. The molecule has 0 radical (unpaired) electrons. The summed E-state index contributed by atoms with van der Waals surface area (Å²) in [6.45, 7) is 2.29. The zero-order chi connectivity index (χ0) is 19.9. The van der Waals surface area contributed by atoms with Crippen molar-refractivity contribution in [3.63, 3.8) is 0 Å². The number of rotatable bonds is 5. The lowest BCUT2D eigenvalue weighted by molar-refractivity contribution is 0.475. The third kappa shape index (κ3) is 3.54. The van der Waals surface area contributed by atoms with Gasteiger partial charge in [0.05, 0.1) is 17.0 Å². The molecule has 0 bridgehead atoms. The van der Waals surface area contributed by atoms with E-state index in [1.54, 1.807) is 19.2 Å².